The summed E-state index contributed by atoms with van der Waals surface area (Å²) in [7, 11) is -2.83. The van der Waals surface area contributed by atoms with Crippen LogP contribution in [0.2, 0.25) is 10.0 Å². The number of nitrogens with one attached hydrogen (secondary N) is 2. The van der Waals surface area contributed by atoms with Crippen molar-refractivity contribution in [2.24, 2.45) is 0 Å². The Labute approximate surface area is 244 Å². The molecule has 5 rings (SSSR count). The summed E-state index contributed by atoms with van der Waals surface area (Å²) in [6.07, 6.45) is -3.15. The molecule has 1 aromatic heterocycles. The first kappa shape index (κ1) is 29.1. The van der Waals surface area contributed by atoms with E-state index in [0.29, 0.717) is 56.0 Å². The molecule has 1 unspecified atom stereocenters. The molecule has 3 aromatic carbocycles. The molecule has 1 amide bonds. The number of nitrogens with zero attached hydrogens (tertiary/aromatic N) is 2. The second-order valence-electron chi connectivity index (χ2n) is 9.73. The minimum atomic E-state index is -4.45. The second-order valence-corrected chi connectivity index (χ2v) is 12.9. The molecule has 1 saturated carbocycles. The first-order valence-corrected chi connectivity index (χ1v) is 15.0. The van der Waals surface area contributed by atoms with Crippen LogP contribution in [0, 0.1) is 4.78 Å². The van der Waals surface area contributed by atoms with Gasteiger partial charge >= 0.3 is 6.18 Å². The Hall–Kier alpha value is -3.41. The number of anilines is 1. The molecule has 2 N–H and O–H groups in total. The van der Waals surface area contributed by atoms with E-state index < -0.39 is 26.9 Å². The van der Waals surface area contributed by atoms with Crippen LogP contribution in [0.3, 0.4) is 0 Å². The van der Waals surface area contributed by atoms with Gasteiger partial charge in [-0.25, -0.2) is 8.99 Å². The Bertz CT molecular complexity index is 1690. The zero-order chi connectivity index (χ0) is 29.6. The average Bonchev–Trinajstić information content (AvgIpc) is 3.54. The van der Waals surface area contributed by atoms with Gasteiger partial charge in [0.1, 0.15) is 0 Å². The van der Waals surface area contributed by atoms with Gasteiger partial charge in [-0.15, -0.1) is 0 Å². The fourth-order valence-corrected chi connectivity index (χ4v) is 6.29. The van der Waals surface area contributed by atoms with E-state index in [4.69, 9.17) is 32.5 Å². The summed E-state index contributed by atoms with van der Waals surface area (Å²) in [6.45, 7) is 1.69. The van der Waals surface area contributed by atoms with E-state index in [1.165, 1.54) is 12.1 Å². The molecule has 1 aliphatic carbocycles. The molecule has 41 heavy (non-hydrogen) atoms. The average molecular weight is 623 g/mol. The normalized spacial score (nSPS) is 15.8. The molecule has 0 radical (unpaired) electrons. The zero-order valence-electron chi connectivity index (χ0n) is 21.5. The number of aromatic nitrogens is 2. The van der Waals surface area contributed by atoms with Crippen LogP contribution in [0.1, 0.15) is 42.3 Å². The monoisotopic (exact) mass is 622 g/mol. The van der Waals surface area contributed by atoms with Crippen LogP contribution in [-0.4, -0.2) is 26.0 Å². The fourth-order valence-electron chi connectivity index (χ4n) is 4.53. The van der Waals surface area contributed by atoms with E-state index in [2.05, 4.69) is 15.5 Å². The number of amides is 1. The fraction of sp³-hybridized carbons (Fsp3) is 0.250. The molecule has 7 nitrogen and oxygen atoms in total. The highest BCUT2D eigenvalue weighted by Crippen LogP contribution is 2.57. The Balaban J connectivity index is 1.31. The lowest BCUT2D eigenvalue weighted by Gasteiger charge is -2.17. The lowest BCUT2D eigenvalue weighted by atomic mass is 9.94. The number of rotatable bonds is 8. The first-order chi connectivity index (χ1) is 19.3. The summed E-state index contributed by atoms with van der Waals surface area (Å²) >= 11 is 13.3. The van der Waals surface area contributed by atoms with E-state index >= 15 is 0 Å². The smallest absolute Gasteiger partial charge is 0.334 e. The van der Waals surface area contributed by atoms with Gasteiger partial charge in [0.25, 0.3) is 5.89 Å². The molecule has 0 aliphatic heterocycles. The van der Waals surface area contributed by atoms with E-state index in [0.717, 1.165) is 12.1 Å². The molecule has 1 fully saturated rings. The van der Waals surface area contributed by atoms with Crippen LogP contribution in [0.25, 0.3) is 11.5 Å². The third-order valence-corrected chi connectivity index (χ3v) is 9.39. The highest BCUT2D eigenvalue weighted by atomic mass is 35.5. The SMILES string of the molecule is CCS(=N)(=O)c1ccc(CC(=O)Nc2cc(Cl)c(C3(c4noc(-c5ccc(C(F)(F)F)cc5)n4)CC3)c(Cl)c2)cc1. The van der Waals surface area contributed by atoms with Crippen LogP contribution in [0.15, 0.2) is 70.1 Å². The predicted molar refractivity (Wildman–Crippen MR) is 150 cm³/mol. The summed E-state index contributed by atoms with van der Waals surface area (Å²) in [5, 5.41) is 7.44. The highest BCUT2D eigenvalue weighted by molar-refractivity contribution is 7.92. The Morgan fingerprint density at radius 3 is 2.22 bits per heavy atom. The lowest BCUT2D eigenvalue weighted by Crippen LogP contribution is -2.16. The minimum absolute atomic E-state index is 0.0438. The van der Waals surface area contributed by atoms with Crippen molar-refractivity contribution >= 4 is 44.5 Å². The summed E-state index contributed by atoms with van der Waals surface area (Å²) in [5.74, 6) is 0.277. The third kappa shape index (κ3) is 5.98. The van der Waals surface area contributed by atoms with Crippen molar-refractivity contribution in [2.45, 2.75) is 42.7 Å². The van der Waals surface area contributed by atoms with Gasteiger partial charge in [0.15, 0.2) is 5.82 Å². The largest absolute Gasteiger partial charge is 0.416 e. The van der Waals surface area contributed by atoms with Crippen LogP contribution in [-0.2, 0) is 32.5 Å². The number of benzene rings is 3. The van der Waals surface area contributed by atoms with Crippen LogP contribution in [0.5, 0.6) is 0 Å². The van der Waals surface area contributed by atoms with Crippen molar-refractivity contribution in [3.8, 4) is 11.5 Å². The number of hydrogen-bond donors (Lipinski definition) is 2. The first-order valence-electron chi connectivity index (χ1n) is 12.5. The summed E-state index contributed by atoms with van der Waals surface area (Å²) in [6, 6.07) is 14.1. The van der Waals surface area contributed by atoms with E-state index in [1.54, 1.807) is 43.3 Å². The molecule has 1 atom stereocenters. The molecular weight excluding hydrogens is 600 g/mol. The predicted octanol–water partition coefficient (Wildman–Crippen LogP) is 7.75. The maximum Gasteiger partial charge on any atom is 0.416 e. The van der Waals surface area contributed by atoms with E-state index in [1.807, 2.05) is 0 Å². The van der Waals surface area contributed by atoms with E-state index in [-0.39, 0.29) is 24.0 Å². The molecule has 0 spiro atoms. The van der Waals surface area contributed by atoms with Gasteiger partial charge in [-0.1, -0.05) is 47.4 Å². The van der Waals surface area contributed by atoms with Gasteiger partial charge in [0.05, 0.1) is 27.1 Å². The van der Waals surface area contributed by atoms with Gasteiger partial charge in [0, 0.05) is 37.5 Å². The molecule has 0 bridgehead atoms. The molecule has 13 heteroatoms. The van der Waals surface area contributed by atoms with Crippen LogP contribution < -0.4 is 5.32 Å². The van der Waals surface area contributed by atoms with Crippen LogP contribution >= 0.6 is 23.2 Å². The van der Waals surface area contributed by atoms with Gasteiger partial charge in [-0.2, -0.15) is 18.2 Å². The maximum atomic E-state index is 12.9. The molecular formula is C28H23Cl2F3N4O3S. The zero-order valence-corrected chi connectivity index (χ0v) is 23.8. The van der Waals surface area contributed by atoms with E-state index in [9.17, 15) is 22.2 Å². The molecule has 214 valence electrons. The number of halogens is 5. The van der Waals surface area contributed by atoms with Crippen molar-refractivity contribution in [2.75, 3.05) is 11.1 Å². The van der Waals surface area contributed by atoms with Crippen molar-refractivity contribution in [1.29, 1.82) is 4.78 Å². The van der Waals surface area contributed by atoms with Crippen molar-refractivity contribution in [3.05, 3.63) is 93.2 Å². The van der Waals surface area contributed by atoms with Crippen molar-refractivity contribution < 1.29 is 26.7 Å². The number of carbonyl (C=O) groups is 1. The minimum Gasteiger partial charge on any atom is -0.334 e. The Morgan fingerprint density at radius 1 is 1.07 bits per heavy atom. The van der Waals surface area contributed by atoms with Gasteiger partial charge in [0.2, 0.25) is 5.91 Å². The van der Waals surface area contributed by atoms with Crippen molar-refractivity contribution in [3.63, 3.8) is 0 Å². The lowest BCUT2D eigenvalue weighted by molar-refractivity contribution is -0.137. The third-order valence-electron chi connectivity index (χ3n) is 6.94. The van der Waals surface area contributed by atoms with Crippen LogP contribution in [0.4, 0.5) is 18.9 Å². The standard InChI is InChI=1S/C28H23Cl2F3N4O3S/c1-2-41(34,39)20-9-3-16(4-10-20)13-23(38)35-19-14-21(29)24(22(30)15-19)27(11-12-27)26-36-25(40-37-26)17-5-7-18(8-6-17)28(31,32)33/h3-10,14-15,34H,2,11-13H2,1H3,(H,35,38). The van der Waals surface area contributed by atoms with Gasteiger partial charge < -0.3 is 9.84 Å². The number of carbonyl (C=O) groups excluding carboxylic acids is 1. The maximum absolute atomic E-state index is 12.9. The second kappa shape index (κ2) is 10.8. The molecule has 4 aromatic rings. The number of alkyl halides is 3. The Morgan fingerprint density at radius 2 is 1.68 bits per heavy atom. The summed E-state index contributed by atoms with van der Waals surface area (Å²) in [5.41, 5.74) is 0.487. The topological polar surface area (TPSA) is 109 Å². The van der Waals surface area contributed by atoms with Gasteiger partial charge in [-0.05, 0) is 66.9 Å². The summed E-state index contributed by atoms with van der Waals surface area (Å²) in [4.78, 5) is 17.5. The van der Waals surface area contributed by atoms with Crippen molar-refractivity contribution in [1.82, 2.24) is 10.1 Å². The molecule has 0 saturated heterocycles. The Kier molecular flexibility index (Phi) is 7.65. The summed E-state index contributed by atoms with van der Waals surface area (Å²) < 4.78 is 64.1. The highest BCUT2D eigenvalue weighted by Gasteiger charge is 2.52. The van der Waals surface area contributed by atoms with Gasteiger partial charge in [-0.3, -0.25) is 4.79 Å². The molecule has 1 aliphatic rings. The number of hydrogen-bond acceptors (Lipinski definition) is 6. The molecule has 1 heterocycles. The quantitative estimate of drug-likeness (QED) is 0.209.